The molecule has 1 aromatic rings. The lowest BCUT2D eigenvalue weighted by Gasteiger charge is -2.29. The van der Waals surface area contributed by atoms with Crippen molar-refractivity contribution in [2.24, 2.45) is 5.92 Å². The molecule has 0 amide bonds. The second-order valence-electron chi connectivity index (χ2n) is 5.28. The number of pyridine rings is 1. The highest BCUT2D eigenvalue weighted by molar-refractivity contribution is 5.89. The van der Waals surface area contributed by atoms with Crippen molar-refractivity contribution in [3.05, 3.63) is 29.6 Å². The Kier molecular flexibility index (Phi) is 4.91. The molecule has 0 saturated carbocycles. The number of likely N-dealkylation sites (tertiary alicyclic amines) is 1. The summed E-state index contributed by atoms with van der Waals surface area (Å²) in [6.07, 6.45) is 6.94. The first-order chi connectivity index (χ1) is 9.19. The molecule has 1 aromatic heterocycles. The van der Waals surface area contributed by atoms with Crippen molar-refractivity contribution in [1.82, 2.24) is 9.88 Å². The van der Waals surface area contributed by atoms with Gasteiger partial charge in [0.1, 0.15) is 0 Å². The maximum atomic E-state index is 11.7. The molecule has 1 saturated heterocycles. The quantitative estimate of drug-likeness (QED) is 0.780. The summed E-state index contributed by atoms with van der Waals surface area (Å²) in [4.78, 5) is 18.2. The summed E-state index contributed by atoms with van der Waals surface area (Å²) in [5.41, 5.74) is 1.69. The van der Waals surface area contributed by atoms with Crippen LogP contribution >= 0.6 is 0 Å². The van der Waals surface area contributed by atoms with Crippen LogP contribution in [0.25, 0.3) is 0 Å². The van der Waals surface area contributed by atoms with Crippen molar-refractivity contribution in [2.45, 2.75) is 26.2 Å². The van der Waals surface area contributed by atoms with Gasteiger partial charge in [-0.2, -0.15) is 0 Å². The van der Waals surface area contributed by atoms with E-state index in [0.717, 1.165) is 18.5 Å². The van der Waals surface area contributed by atoms with Crippen molar-refractivity contribution in [1.29, 1.82) is 0 Å². The van der Waals surface area contributed by atoms with Gasteiger partial charge in [-0.3, -0.25) is 4.98 Å². The molecule has 1 fully saturated rings. The molecule has 1 unspecified atom stereocenters. The monoisotopic (exact) mass is 262 g/mol. The predicted octanol–water partition coefficient (Wildman–Crippen LogP) is 2.14. The van der Waals surface area contributed by atoms with Crippen LogP contribution in [0.15, 0.2) is 18.5 Å². The minimum Gasteiger partial charge on any atom is -0.462 e. The van der Waals surface area contributed by atoms with E-state index in [2.05, 4.69) is 16.9 Å². The molecular weight excluding hydrogens is 240 g/mol. The highest BCUT2D eigenvalue weighted by Gasteiger charge is 2.18. The second kappa shape index (κ2) is 6.66. The third-order valence-electron chi connectivity index (χ3n) is 3.55. The van der Waals surface area contributed by atoms with E-state index in [1.54, 1.807) is 6.20 Å². The first-order valence-electron chi connectivity index (χ1n) is 6.98. The van der Waals surface area contributed by atoms with Gasteiger partial charge in [-0.1, -0.05) is 0 Å². The number of nitrogens with zero attached hydrogens (tertiary/aromatic N) is 2. The number of ether oxygens (including phenoxy) is 1. The Hall–Kier alpha value is -1.42. The van der Waals surface area contributed by atoms with Crippen LogP contribution in [0.2, 0.25) is 0 Å². The molecule has 1 atom stereocenters. The predicted molar refractivity (Wildman–Crippen MR) is 74.1 cm³/mol. The molecule has 4 heteroatoms. The Morgan fingerprint density at radius 2 is 2.37 bits per heavy atom. The molecule has 1 aliphatic heterocycles. The van der Waals surface area contributed by atoms with Gasteiger partial charge in [-0.15, -0.1) is 0 Å². The molecular formula is C15H22N2O2. The first-order valence-corrected chi connectivity index (χ1v) is 6.98. The normalized spacial score (nSPS) is 20.2. The molecule has 104 valence electrons. The smallest absolute Gasteiger partial charge is 0.339 e. The summed E-state index contributed by atoms with van der Waals surface area (Å²) < 4.78 is 5.00. The fourth-order valence-electron chi connectivity index (χ4n) is 2.70. The number of piperidine rings is 1. The Labute approximate surface area is 114 Å². The number of esters is 1. The molecule has 4 nitrogen and oxygen atoms in total. The average molecular weight is 262 g/mol. The zero-order chi connectivity index (χ0) is 13.7. The van der Waals surface area contributed by atoms with Crippen LogP contribution < -0.4 is 0 Å². The first kappa shape index (κ1) is 14.0. The summed E-state index contributed by atoms with van der Waals surface area (Å²) in [6.45, 7) is 4.53. The number of hydrogen-bond acceptors (Lipinski definition) is 4. The molecule has 0 aromatic carbocycles. The van der Waals surface area contributed by atoms with Gasteiger partial charge in [0.15, 0.2) is 0 Å². The minimum absolute atomic E-state index is 0.280. The number of carbonyl (C=O) groups excluding carboxylic acids is 1. The highest BCUT2D eigenvalue weighted by atomic mass is 16.5. The minimum atomic E-state index is -0.280. The molecule has 2 heterocycles. The highest BCUT2D eigenvalue weighted by Crippen LogP contribution is 2.20. The molecule has 0 N–H and O–H groups in total. The van der Waals surface area contributed by atoms with Gasteiger partial charge >= 0.3 is 5.97 Å². The van der Waals surface area contributed by atoms with Crippen LogP contribution in [0.1, 0.15) is 35.7 Å². The van der Waals surface area contributed by atoms with Crippen molar-refractivity contribution in [3.63, 3.8) is 0 Å². The molecule has 0 aliphatic carbocycles. The van der Waals surface area contributed by atoms with Gasteiger partial charge in [0.05, 0.1) is 12.2 Å². The number of aromatic nitrogens is 1. The summed E-state index contributed by atoms with van der Waals surface area (Å²) in [6, 6.07) is 1.92. The average Bonchev–Trinajstić information content (AvgIpc) is 2.39. The van der Waals surface area contributed by atoms with Gasteiger partial charge in [0.25, 0.3) is 0 Å². The molecule has 0 spiro atoms. The van der Waals surface area contributed by atoms with Gasteiger partial charge in [0.2, 0.25) is 0 Å². The van der Waals surface area contributed by atoms with Gasteiger partial charge in [-0.25, -0.2) is 4.79 Å². The number of hydrogen-bond donors (Lipinski definition) is 0. The van der Waals surface area contributed by atoms with E-state index < -0.39 is 0 Å². The van der Waals surface area contributed by atoms with Crippen LogP contribution in [-0.2, 0) is 11.2 Å². The lowest BCUT2D eigenvalue weighted by Crippen LogP contribution is -2.33. The fraction of sp³-hybridized carbons (Fsp3) is 0.600. The third kappa shape index (κ3) is 4.03. The lowest BCUT2D eigenvalue weighted by atomic mass is 9.92. The standard InChI is InChI=1S/C15H22N2O2/c1-3-19-15(18)14-8-13(9-16-10-14)7-12-5-4-6-17(2)11-12/h8-10,12H,3-7,11H2,1-2H3. The van der Waals surface area contributed by atoms with Crippen LogP contribution in [0, 0.1) is 5.92 Å². The van der Waals surface area contributed by atoms with Crippen molar-refractivity contribution >= 4 is 5.97 Å². The summed E-state index contributed by atoms with van der Waals surface area (Å²) in [7, 11) is 2.17. The Bertz CT molecular complexity index is 434. The molecule has 0 radical (unpaired) electrons. The maximum absolute atomic E-state index is 11.7. The van der Waals surface area contributed by atoms with Crippen LogP contribution in [0.3, 0.4) is 0 Å². The fourth-order valence-corrected chi connectivity index (χ4v) is 2.70. The van der Waals surface area contributed by atoms with E-state index in [9.17, 15) is 4.79 Å². The zero-order valence-corrected chi connectivity index (χ0v) is 11.8. The Morgan fingerprint density at radius 3 is 3.11 bits per heavy atom. The summed E-state index contributed by atoms with van der Waals surface area (Å²) in [5.74, 6) is 0.385. The van der Waals surface area contributed by atoms with E-state index in [-0.39, 0.29) is 5.97 Å². The molecule has 2 rings (SSSR count). The van der Waals surface area contributed by atoms with E-state index in [4.69, 9.17) is 4.74 Å². The summed E-state index contributed by atoms with van der Waals surface area (Å²) in [5, 5.41) is 0. The van der Waals surface area contributed by atoms with E-state index in [1.807, 2.05) is 19.2 Å². The number of carbonyl (C=O) groups is 1. The van der Waals surface area contributed by atoms with E-state index >= 15 is 0 Å². The van der Waals surface area contributed by atoms with E-state index in [0.29, 0.717) is 18.1 Å². The Balaban J connectivity index is 2.00. The van der Waals surface area contributed by atoms with Crippen molar-refractivity contribution in [2.75, 3.05) is 26.7 Å². The lowest BCUT2D eigenvalue weighted by molar-refractivity contribution is 0.0525. The third-order valence-corrected chi connectivity index (χ3v) is 3.55. The molecule has 0 bridgehead atoms. The van der Waals surface area contributed by atoms with Crippen LogP contribution in [-0.4, -0.2) is 42.6 Å². The van der Waals surface area contributed by atoms with Crippen LogP contribution in [0.5, 0.6) is 0 Å². The van der Waals surface area contributed by atoms with Gasteiger partial charge in [0, 0.05) is 18.9 Å². The number of rotatable bonds is 4. The molecule has 19 heavy (non-hydrogen) atoms. The zero-order valence-electron chi connectivity index (χ0n) is 11.8. The second-order valence-corrected chi connectivity index (χ2v) is 5.28. The van der Waals surface area contributed by atoms with Crippen LogP contribution in [0.4, 0.5) is 0 Å². The van der Waals surface area contributed by atoms with Gasteiger partial charge in [-0.05, 0) is 57.3 Å². The van der Waals surface area contributed by atoms with Crippen molar-refractivity contribution < 1.29 is 9.53 Å². The van der Waals surface area contributed by atoms with E-state index in [1.165, 1.54) is 19.4 Å². The summed E-state index contributed by atoms with van der Waals surface area (Å²) >= 11 is 0. The van der Waals surface area contributed by atoms with Gasteiger partial charge < -0.3 is 9.64 Å². The SMILES string of the molecule is CCOC(=O)c1cncc(CC2CCCN(C)C2)c1. The topological polar surface area (TPSA) is 42.4 Å². The maximum Gasteiger partial charge on any atom is 0.339 e. The largest absolute Gasteiger partial charge is 0.462 e. The van der Waals surface area contributed by atoms with Crippen molar-refractivity contribution in [3.8, 4) is 0 Å². The Morgan fingerprint density at radius 1 is 1.53 bits per heavy atom. The molecule has 1 aliphatic rings.